The lowest BCUT2D eigenvalue weighted by Crippen LogP contribution is -2.26. The largest absolute Gasteiger partial charge is 0.368 e. The van der Waals surface area contributed by atoms with Crippen molar-refractivity contribution in [2.75, 3.05) is 11.9 Å². The Hall–Kier alpha value is -3.65. The molecule has 8 heteroatoms. The van der Waals surface area contributed by atoms with Crippen LogP contribution in [-0.4, -0.2) is 43.4 Å². The number of nitrogens with one attached hydrogen (secondary N) is 1. The van der Waals surface area contributed by atoms with Gasteiger partial charge in [-0.05, 0) is 49.2 Å². The van der Waals surface area contributed by atoms with Gasteiger partial charge in [-0.2, -0.15) is 9.61 Å². The molecule has 1 aliphatic rings. The molecule has 0 aliphatic carbocycles. The molecule has 5 rings (SSSR count). The van der Waals surface area contributed by atoms with Crippen molar-refractivity contribution in [2.45, 2.75) is 18.9 Å². The first-order valence-electron chi connectivity index (χ1n) is 9.44. The smallest absolute Gasteiger partial charge is 0.253 e. The van der Waals surface area contributed by atoms with Gasteiger partial charge >= 0.3 is 0 Å². The number of anilines is 1. The maximum atomic E-state index is 12.2. The fourth-order valence-corrected chi connectivity index (χ4v) is 3.35. The lowest BCUT2D eigenvalue weighted by molar-refractivity contribution is -0.124. The number of carbonyl (C=O) groups is 1. The highest BCUT2D eigenvalue weighted by molar-refractivity contribution is 5.94. The second-order valence-electron chi connectivity index (χ2n) is 6.82. The van der Waals surface area contributed by atoms with E-state index in [0.717, 1.165) is 35.3 Å². The summed E-state index contributed by atoms with van der Waals surface area (Å²) in [5, 5.41) is 16.0. The van der Waals surface area contributed by atoms with Crippen molar-refractivity contribution in [1.82, 2.24) is 24.8 Å². The summed E-state index contributed by atoms with van der Waals surface area (Å²) in [5.74, 6) is 0.538. The van der Waals surface area contributed by atoms with Gasteiger partial charge in [0.05, 0.1) is 5.69 Å². The molecule has 0 bridgehead atoms. The number of amides is 1. The van der Waals surface area contributed by atoms with Crippen molar-refractivity contribution in [1.29, 1.82) is 0 Å². The number of pyridine rings is 1. The third-order valence-electron chi connectivity index (χ3n) is 4.85. The van der Waals surface area contributed by atoms with Gasteiger partial charge in [0.1, 0.15) is 6.10 Å². The van der Waals surface area contributed by atoms with Crippen LogP contribution < -0.4 is 5.32 Å². The number of nitrogens with zero attached hydrogens (tertiary/aromatic N) is 5. The molecule has 1 aromatic carbocycles. The number of carbonyl (C=O) groups excluding carboxylic acids is 1. The molecule has 0 radical (unpaired) electrons. The summed E-state index contributed by atoms with van der Waals surface area (Å²) in [5.41, 5.74) is 3.94. The van der Waals surface area contributed by atoms with Crippen LogP contribution in [0.15, 0.2) is 60.9 Å². The van der Waals surface area contributed by atoms with Crippen molar-refractivity contribution in [3.05, 3.63) is 60.9 Å². The van der Waals surface area contributed by atoms with Crippen LogP contribution in [0.25, 0.3) is 28.3 Å². The van der Waals surface area contributed by atoms with Crippen molar-refractivity contribution in [3.63, 3.8) is 0 Å². The van der Waals surface area contributed by atoms with E-state index in [-0.39, 0.29) is 12.0 Å². The van der Waals surface area contributed by atoms with Crippen LogP contribution in [0.4, 0.5) is 5.69 Å². The van der Waals surface area contributed by atoms with Gasteiger partial charge in [-0.15, -0.1) is 10.2 Å². The summed E-state index contributed by atoms with van der Waals surface area (Å²) in [6, 6.07) is 15.1. The second kappa shape index (κ2) is 7.40. The van der Waals surface area contributed by atoms with Gasteiger partial charge in [-0.25, -0.2) is 0 Å². The molecule has 4 heterocycles. The maximum absolute atomic E-state index is 12.2. The van der Waals surface area contributed by atoms with E-state index in [1.54, 1.807) is 16.9 Å². The van der Waals surface area contributed by atoms with Gasteiger partial charge in [0.25, 0.3) is 5.91 Å². The molecule has 4 aromatic rings. The van der Waals surface area contributed by atoms with Crippen LogP contribution in [0.5, 0.6) is 0 Å². The number of hydrogen-bond donors (Lipinski definition) is 1. The van der Waals surface area contributed by atoms with Crippen molar-refractivity contribution >= 4 is 17.2 Å². The summed E-state index contributed by atoms with van der Waals surface area (Å²) < 4.78 is 7.13. The highest BCUT2D eigenvalue weighted by atomic mass is 16.5. The predicted octanol–water partition coefficient (Wildman–Crippen LogP) is 2.97. The molecule has 1 N–H and O–H groups in total. The molecule has 1 aliphatic heterocycles. The molecule has 1 amide bonds. The lowest BCUT2D eigenvalue weighted by Gasteiger charge is -2.11. The second-order valence-corrected chi connectivity index (χ2v) is 6.82. The van der Waals surface area contributed by atoms with E-state index in [9.17, 15) is 4.79 Å². The lowest BCUT2D eigenvalue weighted by atomic mass is 10.1. The fourth-order valence-electron chi connectivity index (χ4n) is 3.35. The zero-order valence-electron chi connectivity index (χ0n) is 15.5. The number of fused-ring (bicyclic) bond motifs is 1. The molecule has 0 spiro atoms. The molecule has 8 nitrogen and oxygen atoms in total. The monoisotopic (exact) mass is 386 g/mol. The molecular formula is C21H18N6O2. The minimum Gasteiger partial charge on any atom is -0.368 e. The Bertz CT molecular complexity index is 1150. The molecule has 1 unspecified atom stereocenters. The first-order chi connectivity index (χ1) is 14.3. The summed E-state index contributed by atoms with van der Waals surface area (Å²) in [7, 11) is 0. The first-order valence-corrected chi connectivity index (χ1v) is 9.44. The summed E-state index contributed by atoms with van der Waals surface area (Å²) in [4.78, 5) is 16.3. The number of aromatic nitrogens is 5. The van der Waals surface area contributed by atoms with E-state index < -0.39 is 0 Å². The van der Waals surface area contributed by atoms with Crippen LogP contribution in [0.3, 0.4) is 0 Å². The fraction of sp³-hybridized carbons (Fsp3) is 0.190. The Morgan fingerprint density at radius 3 is 2.72 bits per heavy atom. The quantitative estimate of drug-likeness (QED) is 0.579. The minimum atomic E-state index is -0.349. The van der Waals surface area contributed by atoms with Crippen LogP contribution in [0.1, 0.15) is 12.8 Å². The van der Waals surface area contributed by atoms with Crippen LogP contribution in [-0.2, 0) is 9.53 Å². The van der Waals surface area contributed by atoms with E-state index in [0.29, 0.717) is 18.1 Å². The van der Waals surface area contributed by atoms with E-state index >= 15 is 0 Å². The molecule has 29 heavy (non-hydrogen) atoms. The standard InChI is InChI=1S/C21H18N6O2/c28-21(18-4-2-12-29-18)23-16-7-5-14(6-8-16)17-9-10-19-24-25-20(27(19)26-17)15-3-1-11-22-13-15/h1,3,5-11,13,18H,2,4,12H2,(H,23,28). The Kier molecular flexibility index (Phi) is 4.45. The molecule has 144 valence electrons. The number of hydrogen-bond acceptors (Lipinski definition) is 6. The maximum Gasteiger partial charge on any atom is 0.253 e. The summed E-state index contributed by atoms with van der Waals surface area (Å²) in [6.07, 6.45) is 4.79. The third-order valence-corrected chi connectivity index (χ3v) is 4.85. The van der Waals surface area contributed by atoms with Crippen LogP contribution >= 0.6 is 0 Å². The van der Waals surface area contributed by atoms with Gasteiger partial charge in [0.2, 0.25) is 0 Å². The molecule has 3 aromatic heterocycles. The van der Waals surface area contributed by atoms with Gasteiger partial charge in [-0.3, -0.25) is 9.78 Å². The van der Waals surface area contributed by atoms with E-state index in [1.807, 2.05) is 48.5 Å². The SMILES string of the molecule is O=C(Nc1ccc(-c2ccc3nnc(-c4cccnc4)n3n2)cc1)C1CCCO1. The van der Waals surface area contributed by atoms with E-state index in [4.69, 9.17) is 9.84 Å². The highest BCUT2D eigenvalue weighted by Crippen LogP contribution is 2.23. The average molecular weight is 386 g/mol. The molecule has 0 saturated carbocycles. The van der Waals surface area contributed by atoms with E-state index in [2.05, 4.69) is 20.5 Å². The van der Waals surface area contributed by atoms with Gasteiger partial charge < -0.3 is 10.1 Å². The Morgan fingerprint density at radius 2 is 1.97 bits per heavy atom. The topological polar surface area (TPSA) is 94.3 Å². The minimum absolute atomic E-state index is 0.0969. The molecule has 1 fully saturated rings. The van der Waals surface area contributed by atoms with Gasteiger partial charge in [0, 0.05) is 35.8 Å². The Balaban J connectivity index is 1.41. The third kappa shape index (κ3) is 3.45. The zero-order valence-corrected chi connectivity index (χ0v) is 15.5. The summed E-state index contributed by atoms with van der Waals surface area (Å²) >= 11 is 0. The summed E-state index contributed by atoms with van der Waals surface area (Å²) in [6.45, 7) is 0.648. The Labute approximate surface area is 166 Å². The van der Waals surface area contributed by atoms with E-state index in [1.165, 1.54) is 0 Å². The molecule has 1 atom stereocenters. The normalized spacial score (nSPS) is 16.2. The Morgan fingerprint density at radius 1 is 1.07 bits per heavy atom. The van der Waals surface area contributed by atoms with Crippen molar-refractivity contribution in [3.8, 4) is 22.6 Å². The van der Waals surface area contributed by atoms with Gasteiger partial charge in [-0.1, -0.05) is 12.1 Å². The molecule has 1 saturated heterocycles. The van der Waals surface area contributed by atoms with Crippen molar-refractivity contribution < 1.29 is 9.53 Å². The predicted molar refractivity (Wildman–Crippen MR) is 107 cm³/mol. The zero-order chi connectivity index (χ0) is 19.6. The number of benzene rings is 1. The average Bonchev–Trinajstić information content (AvgIpc) is 3.45. The number of ether oxygens (including phenoxy) is 1. The van der Waals surface area contributed by atoms with Crippen molar-refractivity contribution in [2.24, 2.45) is 0 Å². The molecular weight excluding hydrogens is 368 g/mol. The van der Waals surface area contributed by atoms with Crippen LogP contribution in [0, 0.1) is 0 Å². The van der Waals surface area contributed by atoms with Gasteiger partial charge in [0.15, 0.2) is 11.5 Å². The first kappa shape index (κ1) is 17.4. The highest BCUT2D eigenvalue weighted by Gasteiger charge is 2.23. The van der Waals surface area contributed by atoms with Crippen LogP contribution in [0.2, 0.25) is 0 Å². The number of rotatable bonds is 4.